The SMILES string of the molecule is [2H]C([2H])(c1c[n+](C)c(-c2c(C)ccc3c2oc2c(-c4cccc5ccccc45)c(F)ccc23)cc1F)C(C)C. The van der Waals surface area contributed by atoms with E-state index in [1.165, 1.54) is 18.3 Å². The highest BCUT2D eigenvalue weighted by Crippen LogP contribution is 2.43. The van der Waals surface area contributed by atoms with E-state index < -0.39 is 18.1 Å². The fraction of sp³-hybridized carbons (Fsp3) is 0.182. The average Bonchev–Trinajstić information content (AvgIpc) is 3.28. The molecule has 0 bridgehead atoms. The summed E-state index contributed by atoms with van der Waals surface area (Å²) in [5.41, 5.74) is 4.21. The minimum Gasteiger partial charge on any atom is -0.454 e. The van der Waals surface area contributed by atoms with E-state index in [9.17, 15) is 0 Å². The number of furan rings is 1. The van der Waals surface area contributed by atoms with Gasteiger partial charge in [-0.3, -0.25) is 0 Å². The third-order valence-electron chi connectivity index (χ3n) is 6.95. The number of rotatable bonds is 4. The zero-order chi connectivity index (χ0) is 27.6. The molecule has 37 heavy (non-hydrogen) atoms. The van der Waals surface area contributed by atoms with Gasteiger partial charge in [0.15, 0.2) is 6.20 Å². The van der Waals surface area contributed by atoms with Crippen molar-refractivity contribution < 1.29 is 20.5 Å². The molecule has 2 aromatic heterocycles. The Morgan fingerprint density at radius 3 is 2.32 bits per heavy atom. The Morgan fingerprint density at radius 2 is 1.54 bits per heavy atom. The van der Waals surface area contributed by atoms with Crippen molar-refractivity contribution in [1.29, 1.82) is 0 Å². The van der Waals surface area contributed by atoms with Crippen LogP contribution in [0.2, 0.25) is 0 Å². The van der Waals surface area contributed by atoms with E-state index in [0.717, 1.165) is 32.7 Å². The number of fused-ring (bicyclic) bond motifs is 4. The predicted octanol–water partition coefficient (Wildman–Crippen LogP) is 8.68. The lowest BCUT2D eigenvalue weighted by Crippen LogP contribution is -2.32. The van der Waals surface area contributed by atoms with Crippen LogP contribution in [0.25, 0.3) is 55.1 Å². The first-order valence-electron chi connectivity index (χ1n) is 13.4. The second kappa shape index (κ2) is 8.81. The second-order valence-electron chi connectivity index (χ2n) is 9.89. The van der Waals surface area contributed by atoms with Crippen LogP contribution in [0.3, 0.4) is 0 Å². The summed E-state index contributed by atoms with van der Waals surface area (Å²) in [5, 5.41) is 3.50. The maximum Gasteiger partial charge on any atom is 0.219 e. The van der Waals surface area contributed by atoms with Crippen LogP contribution in [0.5, 0.6) is 0 Å². The molecule has 4 aromatic carbocycles. The molecule has 4 heteroatoms. The topological polar surface area (TPSA) is 17.0 Å². The van der Waals surface area contributed by atoms with E-state index in [4.69, 9.17) is 7.16 Å². The summed E-state index contributed by atoms with van der Waals surface area (Å²) in [6.07, 6.45) is -0.307. The van der Waals surface area contributed by atoms with Gasteiger partial charge in [0.2, 0.25) is 5.69 Å². The van der Waals surface area contributed by atoms with E-state index in [1.54, 1.807) is 31.5 Å². The molecule has 0 aliphatic heterocycles. The van der Waals surface area contributed by atoms with Crippen molar-refractivity contribution in [2.24, 2.45) is 13.0 Å². The fourth-order valence-corrected chi connectivity index (χ4v) is 5.28. The number of aromatic nitrogens is 1. The summed E-state index contributed by atoms with van der Waals surface area (Å²) in [6, 6.07) is 22.1. The Morgan fingerprint density at radius 1 is 0.838 bits per heavy atom. The normalized spacial score (nSPS) is 13.1. The molecule has 2 heterocycles. The van der Waals surface area contributed by atoms with Gasteiger partial charge in [-0.1, -0.05) is 68.4 Å². The molecule has 0 aliphatic carbocycles. The average molecular weight is 495 g/mol. The minimum atomic E-state index is -1.83. The Bertz CT molecular complexity index is 1920. The van der Waals surface area contributed by atoms with E-state index in [1.807, 2.05) is 61.5 Å². The largest absolute Gasteiger partial charge is 0.454 e. The third-order valence-corrected chi connectivity index (χ3v) is 6.95. The summed E-state index contributed by atoms with van der Waals surface area (Å²) in [6.45, 7) is 5.39. The molecule has 6 rings (SSSR count). The highest BCUT2D eigenvalue weighted by atomic mass is 19.1. The lowest BCUT2D eigenvalue weighted by molar-refractivity contribution is -0.661. The number of nitrogens with zero attached hydrogens (tertiary/aromatic N) is 1. The Labute approximate surface area is 217 Å². The Hall–Kier alpha value is -4.05. The molecule has 0 N–H and O–H groups in total. The van der Waals surface area contributed by atoms with Crippen LogP contribution < -0.4 is 4.57 Å². The van der Waals surface area contributed by atoms with Gasteiger partial charge >= 0.3 is 0 Å². The first-order chi connectivity index (χ1) is 18.6. The van der Waals surface area contributed by atoms with Gasteiger partial charge in [0, 0.05) is 19.6 Å². The molecule has 0 saturated heterocycles. The summed E-state index contributed by atoms with van der Waals surface area (Å²) >= 11 is 0. The lowest BCUT2D eigenvalue weighted by Gasteiger charge is -2.09. The van der Waals surface area contributed by atoms with Crippen molar-refractivity contribution in [3.63, 3.8) is 0 Å². The minimum absolute atomic E-state index is 0.0125. The number of pyridine rings is 1. The van der Waals surface area contributed by atoms with Gasteiger partial charge in [0.05, 0.1) is 16.7 Å². The predicted molar refractivity (Wildman–Crippen MR) is 146 cm³/mol. The number of hydrogen-bond donors (Lipinski definition) is 0. The van der Waals surface area contributed by atoms with Gasteiger partial charge in [-0.25, -0.2) is 13.3 Å². The Kier molecular flexibility index (Phi) is 5.02. The molecule has 6 aromatic rings. The van der Waals surface area contributed by atoms with Crippen molar-refractivity contribution in [3.8, 4) is 22.4 Å². The first kappa shape index (κ1) is 21.1. The van der Waals surface area contributed by atoms with Crippen molar-refractivity contribution in [2.75, 3.05) is 0 Å². The number of benzene rings is 4. The summed E-state index contributed by atoms with van der Waals surface area (Å²) < 4.78 is 56.1. The molecule has 0 saturated carbocycles. The van der Waals surface area contributed by atoms with Gasteiger partial charge < -0.3 is 4.42 Å². The van der Waals surface area contributed by atoms with Crippen molar-refractivity contribution in [2.45, 2.75) is 27.1 Å². The van der Waals surface area contributed by atoms with E-state index >= 15 is 8.78 Å². The molecule has 0 radical (unpaired) electrons. The molecule has 0 atom stereocenters. The van der Waals surface area contributed by atoms with E-state index in [2.05, 4.69) is 0 Å². The number of hydrogen-bond acceptors (Lipinski definition) is 1. The van der Waals surface area contributed by atoms with Crippen LogP contribution in [0.15, 0.2) is 83.4 Å². The van der Waals surface area contributed by atoms with Gasteiger partial charge in [-0.2, -0.15) is 0 Å². The highest BCUT2D eigenvalue weighted by Gasteiger charge is 2.25. The molecule has 0 aliphatic rings. The molecule has 0 amide bonds. The van der Waals surface area contributed by atoms with Crippen LogP contribution in [0.4, 0.5) is 8.78 Å². The van der Waals surface area contributed by atoms with E-state index in [0.29, 0.717) is 28.0 Å². The maximum atomic E-state index is 15.6. The molecule has 0 spiro atoms. The standard InChI is InChI=1S/C33H28F2NO/c1-19(2)16-22-18-36(4)29(17-28(22)35)30-20(3)12-13-25-26-14-15-27(34)31(33(26)37-32(25)30)24-11-7-9-21-8-5-6-10-23(21)24/h5-15,17-19H,16H2,1-4H3/q+1/i16D2. The molecule has 2 nitrogen and oxygen atoms in total. The molecular weight excluding hydrogens is 464 g/mol. The van der Waals surface area contributed by atoms with Gasteiger partial charge in [0.1, 0.15) is 29.8 Å². The van der Waals surface area contributed by atoms with Gasteiger partial charge in [-0.05, 0) is 53.2 Å². The van der Waals surface area contributed by atoms with Crippen LogP contribution >= 0.6 is 0 Å². The number of halogens is 2. The first-order valence-corrected chi connectivity index (χ1v) is 12.4. The Balaban J connectivity index is 1.65. The van der Waals surface area contributed by atoms with Gasteiger partial charge in [0.25, 0.3) is 0 Å². The molecule has 0 unspecified atom stereocenters. The quantitative estimate of drug-likeness (QED) is 0.224. The highest BCUT2D eigenvalue weighted by molar-refractivity contribution is 6.15. The summed E-state index contributed by atoms with van der Waals surface area (Å²) in [4.78, 5) is 0. The van der Waals surface area contributed by atoms with Crippen LogP contribution in [-0.2, 0) is 13.4 Å². The van der Waals surface area contributed by atoms with Crippen LogP contribution in [0.1, 0.15) is 27.7 Å². The third kappa shape index (κ3) is 3.79. The van der Waals surface area contributed by atoms with Gasteiger partial charge in [-0.15, -0.1) is 0 Å². The van der Waals surface area contributed by atoms with Crippen molar-refractivity contribution in [1.82, 2.24) is 0 Å². The molecule has 0 fully saturated rings. The monoisotopic (exact) mass is 494 g/mol. The zero-order valence-corrected chi connectivity index (χ0v) is 21.2. The molecular formula is C33H28F2NO+. The summed E-state index contributed by atoms with van der Waals surface area (Å²) in [7, 11) is 1.77. The van der Waals surface area contributed by atoms with Crippen LogP contribution in [0, 0.1) is 24.5 Å². The fourth-order valence-electron chi connectivity index (χ4n) is 5.28. The van der Waals surface area contributed by atoms with Crippen LogP contribution in [-0.4, -0.2) is 0 Å². The summed E-state index contributed by atoms with van der Waals surface area (Å²) in [5.74, 6) is -1.40. The number of aryl methyl sites for hydroxylation is 2. The maximum absolute atomic E-state index is 15.6. The zero-order valence-electron chi connectivity index (χ0n) is 23.2. The van der Waals surface area contributed by atoms with Crippen molar-refractivity contribution in [3.05, 3.63) is 102 Å². The second-order valence-corrected chi connectivity index (χ2v) is 9.89. The molecule has 184 valence electrons. The smallest absolute Gasteiger partial charge is 0.219 e. The van der Waals surface area contributed by atoms with E-state index in [-0.39, 0.29) is 11.4 Å². The van der Waals surface area contributed by atoms with Crippen molar-refractivity contribution >= 4 is 32.7 Å². The lowest BCUT2D eigenvalue weighted by atomic mass is 9.95.